The Hall–Kier alpha value is -3.73. The molecule has 0 radical (unpaired) electrons. The molecule has 0 aliphatic heterocycles. The van der Waals surface area contributed by atoms with E-state index < -0.39 is 5.97 Å². The van der Waals surface area contributed by atoms with E-state index in [1.165, 1.54) is 0 Å². The van der Waals surface area contributed by atoms with Crippen LogP contribution in [0.2, 0.25) is 0 Å². The van der Waals surface area contributed by atoms with Crippen LogP contribution in [0.25, 0.3) is 17.2 Å². The summed E-state index contributed by atoms with van der Waals surface area (Å²) in [5.74, 6) is 0.371. The standard InChI is InChI=1S/C26H27NO4/c1-16(26(28)29)15-22-17(2)25(31-5)23(18(3)24(22)30-4)19-11-13-21(14-12-19)27-20-9-7-6-8-10-20/h6-15,27H,1-5H3,(H,28,29). The fourth-order valence-corrected chi connectivity index (χ4v) is 3.69. The van der Waals surface area contributed by atoms with Crippen LogP contribution in [0.5, 0.6) is 11.5 Å². The maximum absolute atomic E-state index is 11.4. The van der Waals surface area contributed by atoms with Gasteiger partial charge in [-0.1, -0.05) is 30.3 Å². The Labute approximate surface area is 183 Å². The maximum Gasteiger partial charge on any atom is 0.331 e. The highest BCUT2D eigenvalue weighted by Crippen LogP contribution is 2.44. The predicted molar refractivity (Wildman–Crippen MR) is 125 cm³/mol. The highest BCUT2D eigenvalue weighted by Gasteiger charge is 2.22. The zero-order chi connectivity index (χ0) is 22.5. The molecule has 3 aromatic carbocycles. The number of benzene rings is 3. The summed E-state index contributed by atoms with van der Waals surface area (Å²) in [6.07, 6.45) is 1.63. The Morgan fingerprint density at radius 2 is 1.45 bits per heavy atom. The van der Waals surface area contributed by atoms with Crippen molar-refractivity contribution >= 4 is 23.4 Å². The normalized spacial score (nSPS) is 11.2. The van der Waals surface area contributed by atoms with Crippen LogP contribution in [0.1, 0.15) is 23.6 Å². The Kier molecular flexibility index (Phi) is 6.65. The van der Waals surface area contributed by atoms with Crippen LogP contribution in [0.4, 0.5) is 11.4 Å². The molecule has 0 unspecified atom stereocenters. The van der Waals surface area contributed by atoms with E-state index in [2.05, 4.69) is 5.32 Å². The second-order valence-electron chi connectivity index (χ2n) is 7.31. The van der Waals surface area contributed by atoms with Gasteiger partial charge in [-0.2, -0.15) is 0 Å². The lowest BCUT2D eigenvalue weighted by atomic mass is 9.91. The summed E-state index contributed by atoms with van der Waals surface area (Å²) in [6, 6.07) is 18.1. The molecule has 0 bridgehead atoms. The van der Waals surface area contributed by atoms with E-state index in [1.54, 1.807) is 27.2 Å². The summed E-state index contributed by atoms with van der Waals surface area (Å²) < 4.78 is 11.5. The van der Waals surface area contributed by atoms with Crippen molar-refractivity contribution in [3.63, 3.8) is 0 Å². The van der Waals surface area contributed by atoms with Crippen LogP contribution >= 0.6 is 0 Å². The third kappa shape index (κ3) is 4.56. The van der Waals surface area contributed by atoms with Crippen molar-refractivity contribution in [1.29, 1.82) is 0 Å². The van der Waals surface area contributed by atoms with E-state index >= 15 is 0 Å². The van der Waals surface area contributed by atoms with E-state index in [0.717, 1.165) is 33.6 Å². The van der Waals surface area contributed by atoms with Crippen molar-refractivity contribution in [2.24, 2.45) is 0 Å². The number of ether oxygens (including phenoxy) is 2. The largest absolute Gasteiger partial charge is 0.496 e. The van der Waals surface area contributed by atoms with Crippen molar-refractivity contribution in [3.8, 4) is 22.6 Å². The molecule has 3 rings (SSSR count). The second-order valence-corrected chi connectivity index (χ2v) is 7.31. The molecule has 0 heterocycles. The molecule has 0 atom stereocenters. The van der Waals surface area contributed by atoms with Crippen LogP contribution in [0.15, 0.2) is 60.2 Å². The summed E-state index contributed by atoms with van der Waals surface area (Å²) in [5.41, 5.74) is 6.56. The molecule has 31 heavy (non-hydrogen) atoms. The molecule has 0 amide bonds. The van der Waals surface area contributed by atoms with E-state index in [0.29, 0.717) is 17.1 Å². The summed E-state index contributed by atoms with van der Waals surface area (Å²) in [5, 5.41) is 12.7. The molecule has 0 aliphatic carbocycles. The van der Waals surface area contributed by atoms with Gasteiger partial charge in [0.1, 0.15) is 11.5 Å². The van der Waals surface area contributed by atoms with E-state index in [-0.39, 0.29) is 5.57 Å². The Balaban J connectivity index is 2.10. The number of methoxy groups -OCH3 is 2. The fourth-order valence-electron chi connectivity index (χ4n) is 3.69. The molecule has 3 aromatic rings. The van der Waals surface area contributed by atoms with Gasteiger partial charge in [0, 0.05) is 39.2 Å². The number of carboxylic acid groups (broad SMARTS) is 1. The van der Waals surface area contributed by atoms with Crippen molar-refractivity contribution in [3.05, 3.63) is 76.9 Å². The first-order chi connectivity index (χ1) is 14.9. The number of aliphatic carboxylic acids is 1. The second kappa shape index (κ2) is 9.39. The number of hydrogen-bond donors (Lipinski definition) is 2. The highest BCUT2D eigenvalue weighted by atomic mass is 16.5. The lowest BCUT2D eigenvalue weighted by molar-refractivity contribution is -0.132. The van der Waals surface area contributed by atoms with Gasteiger partial charge >= 0.3 is 5.97 Å². The Morgan fingerprint density at radius 1 is 0.871 bits per heavy atom. The van der Waals surface area contributed by atoms with E-state index in [4.69, 9.17) is 9.47 Å². The van der Waals surface area contributed by atoms with Crippen LogP contribution in [0.3, 0.4) is 0 Å². The first kappa shape index (κ1) is 22.0. The number of anilines is 2. The first-order valence-electron chi connectivity index (χ1n) is 9.96. The molecule has 2 N–H and O–H groups in total. The molecule has 5 nitrogen and oxygen atoms in total. The zero-order valence-corrected chi connectivity index (χ0v) is 18.4. The van der Waals surface area contributed by atoms with Crippen LogP contribution in [-0.4, -0.2) is 25.3 Å². The molecule has 0 saturated carbocycles. The predicted octanol–water partition coefficient (Wildman–Crippen LogP) is 6.22. The highest BCUT2D eigenvalue weighted by molar-refractivity contribution is 5.93. The average molecular weight is 418 g/mol. The Bertz CT molecular complexity index is 1120. The number of nitrogens with one attached hydrogen (secondary N) is 1. The summed E-state index contributed by atoms with van der Waals surface area (Å²) in [6.45, 7) is 5.44. The van der Waals surface area contributed by atoms with Crippen LogP contribution in [0, 0.1) is 13.8 Å². The van der Waals surface area contributed by atoms with Gasteiger partial charge in [0.2, 0.25) is 0 Å². The smallest absolute Gasteiger partial charge is 0.331 e. The monoisotopic (exact) mass is 417 g/mol. The molecular formula is C26H27NO4. The minimum absolute atomic E-state index is 0.229. The third-order valence-electron chi connectivity index (χ3n) is 5.27. The quantitative estimate of drug-likeness (QED) is 0.447. The van der Waals surface area contributed by atoms with Gasteiger partial charge in [0.05, 0.1) is 14.2 Å². The first-order valence-corrected chi connectivity index (χ1v) is 9.96. The summed E-state index contributed by atoms with van der Waals surface area (Å²) >= 11 is 0. The topological polar surface area (TPSA) is 67.8 Å². The van der Waals surface area contributed by atoms with Crippen LogP contribution < -0.4 is 14.8 Å². The van der Waals surface area contributed by atoms with E-state index in [9.17, 15) is 9.90 Å². The average Bonchev–Trinajstić information content (AvgIpc) is 2.77. The fraction of sp³-hybridized carbons (Fsp3) is 0.192. The number of rotatable bonds is 7. The molecular weight excluding hydrogens is 390 g/mol. The Morgan fingerprint density at radius 3 is 2.00 bits per heavy atom. The van der Waals surface area contributed by atoms with Crippen molar-refractivity contribution in [1.82, 2.24) is 0 Å². The van der Waals surface area contributed by atoms with Gasteiger partial charge in [-0.05, 0) is 56.7 Å². The lowest BCUT2D eigenvalue weighted by Crippen LogP contribution is -2.03. The molecule has 0 aromatic heterocycles. The van der Waals surface area contributed by atoms with Gasteiger partial charge in [-0.25, -0.2) is 4.79 Å². The molecule has 0 aliphatic rings. The van der Waals surface area contributed by atoms with Crippen molar-refractivity contribution in [2.75, 3.05) is 19.5 Å². The van der Waals surface area contributed by atoms with Gasteiger partial charge in [-0.3, -0.25) is 0 Å². The minimum Gasteiger partial charge on any atom is -0.496 e. The molecule has 0 fully saturated rings. The van der Waals surface area contributed by atoms with Crippen molar-refractivity contribution < 1.29 is 19.4 Å². The summed E-state index contributed by atoms with van der Waals surface area (Å²) in [4.78, 5) is 11.4. The molecule has 0 saturated heterocycles. The van der Waals surface area contributed by atoms with Crippen molar-refractivity contribution in [2.45, 2.75) is 20.8 Å². The van der Waals surface area contributed by atoms with Gasteiger partial charge in [0.25, 0.3) is 0 Å². The maximum atomic E-state index is 11.4. The van der Waals surface area contributed by atoms with Crippen LogP contribution in [-0.2, 0) is 4.79 Å². The van der Waals surface area contributed by atoms with Gasteiger partial charge in [-0.15, -0.1) is 0 Å². The third-order valence-corrected chi connectivity index (χ3v) is 5.27. The SMILES string of the molecule is COc1c(C)c(-c2ccc(Nc3ccccc3)cc2)c(OC)c(C)c1C=C(C)C(=O)O. The molecule has 0 spiro atoms. The molecule has 5 heteroatoms. The number of carboxylic acids is 1. The zero-order valence-electron chi connectivity index (χ0n) is 18.4. The molecule has 160 valence electrons. The number of para-hydroxylation sites is 1. The van der Waals surface area contributed by atoms with Gasteiger partial charge < -0.3 is 19.9 Å². The number of carbonyl (C=O) groups is 1. The van der Waals surface area contributed by atoms with Gasteiger partial charge in [0.15, 0.2) is 0 Å². The lowest BCUT2D eigenvalue weighted by Gasteiger charge is -2.21. The van der Waals surface area contributed by atoms with E-state index in [1.807, 2.05) is 68.4 Å². The summed E-state index contributed by atoms with van der Waals surface area (Å²) in [7, 11) is 3.22. The number of hydrogen-bond acceptors (Lipinski definition) is 4. The minimum atomic E-state index is -0.969.